The summed E-state index contributed by atoms with van der Waals surface area (Å²) in [4.78, 5) is 12.6. The number of nitrogens with one attached hydrogen (secondary N) is 1. The molecule has 0 saturated carbocycles. The second-order valence-corrected chi connectivity index (χ2v) is 21.0. The third-order valence-electron chi connectivity index (χ3n) is 14.2. The zero-order valence-electron chi connectivity index (χ0n) is 46.1. The molecule has 0 radical (unpaired) electrons. The van der Waals surface area contributed by atoms with Gasteiger partial charge in [0.05, 0.1) is 18.8 Å². The molecule has 6 nitrogen and oxygen atoms in total. The normalized spacial score (nSPS) is 14.0. The van der Waals surface area contributed by atoms with Gasteiger partial charge >= 0.3 is 0 Å². The molecule has 0 aliphatic carbocycles. The van der Waals surface area contributed by atoms with Crippen molar-refractivity contribution >= 4 is 5.91 Å². The van der Waals surface area contributed by atoms with Crippen molar-refractivity contribution in [3.8, 4) is 0 Å². The van der Waals surface area contributed by atoms with Crippen LogP contribution >= 0.6 is 0 Å². The molecular weight excluding hydrogens is 851 g/mol. The maximum atomic E-state index is 12.6. The van der Waals surface area contributed by atoms with E-state index in [9.17, 15) is 25.2 Å². The maximum Gasteiger partial charge on any atom is 0.249 e. The van der Waals surface area contributed by atoms with Crippen molar-refractivity contribution in [1.82, 2.24) is 5.32 Å². The van der Waals surface area contributed by atoms with Gasteiger partial charge in [-0.05, 0) is 83.5 Å². The highest BCUT2D eigenvalue weighted by molar-refractivity contribution is 5.80. The zero-order valence-corrected chi connectivity index (χ0v) is 46.1. The van der Waals surface area contributed by atoms with Crippen LogP contribution < -0.4 is 5.32 Å². The average Bonchev–Trinajstić information content (AvgIpc) is 3.35. The summed E-state index contributed by atoms with van der Waals surface area (Å²) < 4.78 is 0. The van der Waals surface area contributed by atoms with Crippen LogP contribution in [0.15, 0.2) is 48.6 Å². The Kier molecular flexibility index (Phi) is 55.7. The average molecular weight is 971 g/mol. The van der Waals surface area contributed by atoms with Crippen molar-refractivity contribution in [2.45, 2.75) is 340 Å². The van der Waals surface area contributed by atoms with Gasteiger partial charge in [0.15, 0.2) is 0 Å². The molecule has 0 saturated heterocycles. The summed E-state index contributed by atoms with van der Waals surface area (Å²) in [5.74, 6) is -0.595. The maximum absolute atomic E-state index is 12.6. The van der Waals surface area contributed by atoms with Gasteiger partial charge in [0.2, 0.25) is 5.91 Å². The third kappa shape index (κ3) is 51.0. The number of carbonyl (C=O) groups is 1. The predicted molar refractivity (Wildman–Crippen MR) is 302 cm³/mol. The molecule has 0 aromatic rings. The number of carbonyl (C=O) groups excluding carboxylic acids is 1. The van der Waals surface area contributed by atoms with Crippen LogP contribution in [0.4, 0.5) is 0 Å². The zero-order chi connectivity index (χ0) is 50.2. The number of hydrogen-bond acceptors (Lipinski definition) is 5. The smallest absolute Gasteiger partial charge is 0.249 e. The first-order chi connectivity index (χ1) is 34.0. The largest absolute Gasteiger partial charge is 0.394 e. The quantitative estimate of drug-likeness (QED) is 0.0308. The number of aliphatic hydroxyl groups is 4. The number of rotatable bonds is 56. The Balaban J connectivity index is 3.61. The van der Waals surface area contributed by atoms with Crippen LogP contribution in [0.25, 0.3) is 0 Å². The molecular formula is C63H119NO5. The molecule has 4 atom stereocenters. The molecule has 0 fully saturated rings. The molecule has 406 valence electrons. The van der Waals surface area contributed by atoms with Gasteiger partial charge in [-0.15, -0.1) is 0 Å². The van der Waals surface area contributed by atoms with E-state index < -0.39 is 36.9 Å². The molecule has 0 aromatic heterocycles. The van der Waals surface area contributed by atoms with Crippen molar-refractivity contribution in [1.29, 1.82) is 0 Å². The summed E-state index contributed by atoms with van der Waals surface area (Å²) in [6, 6.07) is -1.01. The summed E-state index contributed by atoms with van der Waals surface area (Å²) in [5.41, 5.74) is 0. The standard InChI is InChI=1S/C63H119NO5/c1-3-5-7-9-11-13-15-17-19-21-23-24-25-26-27-28-29-30-31-32-33-34-35-36-37-39-41-43-45-47-49-51-53-55-57-61(67)63(69)64-59(58-65)62(68)60(66)56-54-52-50-48-46-44-42-40-38-22-20-18-16-14-12-10-8-6-4-2/h25-26,28-29,40,42,48,50,59-62,65-68H,3-24,27,30-39,41,43-47,49,51-58H2,1-2H3,(H,64,69)/b26-25-,29-28-,42-40+,50-48+. The van der Waals surface area contributed by atoms with Crippen LogP contribution in [-0.2, 0) is 4.79 Å². The lowest BCUT2D eigenvalue weighted by atomic mass is 10.00. The number of allylic oxidation sites excluding steroid dienone is 8. The van der Waals surface area contributed by atoms with Crippen LogP contribution in [-0.4, -0.2) is 57.3 Å². The van der Waals surface area contributed by atoms with E-state index in [1.165, 1.54) is 238 Å². The van der Waals surface area contributed by atoms with Crippen LogP contribution in [0.2, 0.25) is 0 Å². The Morgan fingerprint density at radius 3 is 1.00 bits per heavy atom. The SMILES string of the molecule is CCCCCCCCCCCC/C=C/CC/C=C/CCCC(O)C(O)C(CO)NC(=O)C(O)CCCCCCCCCCCCCCCCCC/C=C\C/C=C\CCCCCCCCCCCCC. The number of unbranched alkanes of at least 4 members (excludes halogenated alkanes) is 39. The van der Waals surface area contributed by atoms with Gasteiger partial charge in [0.1, 0.15) is 12.2 Å². The first-order valence-corrected chi connectivity index (χ1v) is 30.5. The topological polar surface area (TPSA) is 110 Å². The van der Waals surface area contributed by atoms with Gasteiger partial charge < -0.3 is 25.7 Å². The van der Waals surface area contributed by atoms with Gasteiger partial charge in [0, 0.05) is 0 Å². The highest BCUT2D eigenvalue weighted by Crippen LogP contribution is 2.17. The van der Waals surface area contributed by atoms with E-state index in [1.54, 1.807) is 0 Å². The molecule has 0 aliphatic heterocycles. The molecule has 0 aromatic carbocycles. The van der Waals surface area contributed by atoms with Gasteiger partial charge in [0.25, 0.3) is 0 Å². The molecule has 0 heterocycles. The summed E-state index contributed by atoms with van der Waals surface area (Å²) >= 11 is 0. The Morgan fingerprint density at radius 2 is 0.652 bits per heavy atom. The van der Waals surface area contributed by atoms with Crippen molar-refractivity contribution in [3.63, 3.8) is 0 Å². The molecule has 1 amide bonds. The van der Waals surface area contributed by atoms with Crippen LogP contribution in [0, 0.1) is 0 Å². The molecule has 6 heteroatoms. The Bertz CT molecular complexity index is 1130. The van der Waals surface area contributed by atoms with Gasteiger partial charge in [-0.3, -0.25) is 4.79 Å². The minimum absolute atomic E-state index is 0.360. The molecule has 0 bridgehead atoms. The van der Waals surface area contributed by atoms with Crippen LogP contribution in [0.1, 0.15) is 316 Å². The van der Waals surface area contributed by atoms with Gasteiger partial charge in [-0.1, -0.05) is 281 Å². The van der Waals surface area contributed by atoms with Crippen LogP contribution in [0.5, 0.6) is 0 Å². The number of hydrogen-bond donors (Lipinski definition) is 5. The number of amides is 1. The molecule has 0 aliphatic rings. The lowest BCUT2D eigenvalue weighted by Crippen LogP contribution is -2.53. The van der Waals surface area contributed by atoms with Crippen molar-refractivity contribution in [2.24, 2.45) is 0 Å². The van der Waals surface area contributed by atoms with Gasteiger partial charge in [-0.25, -0.2) is 0 Å². The highest BCUT2D eigenvalue weighted by Gasteiger charge is 2.28. The summed E-state index contributed by atoms with van der Waals surface area (Å²) in [5, 5.41) is 44.0. The van der Waals surface area contributed by atoms with Crippen LogP contribution in [0.3, 0.4) is 0 Å². The molecule has 0 rings (SSSR count). The lowest BCUT2D eigenvalue weighted by molar-refractivity contribution is -0.132. The second-order valence-electron chi connectivity index (χ2n) is 21.0. The second kappa shape index (κ2) is 57.2. The van der Waals surface area contributed by atoms with E-state index in [1.807, 2.05) is 0 Å². The highest BCUT2D eigenvalue weighted by atomic mass is 16.3. The lowest BCUT2D eigenvalue weighted by Gasteiger charge is -2.27. The monoisotopic (exact) mass is 970 g/mol. The predicted octanol–water partition coefficient (Wildman–Crippen LogP) is 18.1. The molecule has 5 N–H and O–H groups in total. The third-order valence-corrected chi connectivity index (χ3v) is 14.2. The van der Waals surface area contributed by atoms with E-state index in [4.69, 9.17) is 0 Å². The summed E-state index contributed by atoms with van der Waals surface area (Å²) in [6.45, 7) is 4.07. The summed E-state index contributed by atoms with van der Waals surface area (Å²) in [7, 11) is 0. The minimum atomic E-state index is -1.29. The number of aliphatic hydroxyl groups excluding tert-OH is 4. The van der Waals surface area contributed by atoms with Crippen molar-refractivity contribution in [3.05, 3.63) is 48.6 Å². The van der Waals surface area contributed by atoms with Gasteiger partial charge in [-0.2, -0.15) is 0 Å². The fraction of sp³-hybridized carbons (Fsp3) is 0.857. The van der Waals surface area contributed by atoms with E-state index in [0.717, 1.165) is 44.9 Å². The first kappa shape index (κ1) is 67.3. The fourth-order valence-electron chi connectivity index (χ4n) is 9.45. The Labute approximate surface area is 429 Å². The van der Waals surface area contributed by atoms with E-state index in [2.05, 4.69) is 67.8 Å². The van der Waals surface area contributed by atoms with E-state index in [-0.39, 0.29) is 0 Å². The van der Waals surface area contributed by atoms with Crippen molar-refractivity contribution < 1.29 is 25.2 Å². The minimum Gasteiger partial charge on any atom is -0.394 e. The van der Waals surface area contributed by atoms with E-state index in [0.29, 0.717) is 19.3 Å². The Hall–Kier alpha value is -1.73. The molecule has 4 unspecified atom stereocenters. The first-order valence-electron chi connectivity index (χ1n) is 30.5. The molecule has 0 spiro atoms. The summed E-state index contributed by atoms with van der Waals surface area (Å²) in [6.07, 6.45) is 73.5. The fourth-order valence-corrected chi connectivity index (χ4v) is 9.45. The van der Waals surface area contributed by atoms with E-state index >= 15 is 0 Å². The Morgan fingerprint density at radius 1 is 0.362 bits per heavy atom. The molecule has 69 heavy (non-hydrogen) atoms. The van der Waals surface area contributed by atoms with Crippen molar-refractivity contribution in [2.75, 3.05) is 6.61 Å².